The van der Waals surface area contributed by atoms with Crippen LogP contribution in [-0.2, 0) is 4.79 Å². The molecule has 1 heterocycles. The van der Waals surface area contributed by atoms with Crippen LogP contribution in [0.1, 0.15) is 13.8 Å². The predicted octanol–water partition coefficient (Wildman–Crippen LogP) is -0.357. The van der Waals surface area contributed by atoms with Crippen molar-refractivity contribution in [3.63, 3.8) is 0 Å². The highest BCUT2D eigenvalue weighted by Gasteiger charge is 2.30. The lowest BCUT2D eigenvalue weighted by molar-refractivity contribution is -0.383. The molecule has 0 atom stereocenters. The number of hydrogen-bond donors (Lipinski definition) is 3. The molecule has 0 radical (unpaired) electrons. The van der Waals surface area contributed by atoms with Gasteiger partial charge in [-0.3, -0.25) is 14.9 Å². The van der Waals surface area contributed by atoms with Crippen molar-refractivity contribution < 1.29 is 9.72 Å². The van der Waals surface area contributed by atoms with Gasteiger partial charge in [-0.05, 0) is 13.8 Å². The van der Waals surface area contributed by atoms with E-state index in [1.807, 2.05) is 0 Å². The van der Waals surface area contributed by atoms with E-state index in [2.05, 4.69) is 15.3 Å². The minimum absolute atomic E-state index is 0.147. The number of anilines is 2. The van der Waals surface area contributed by atoms with Crippen molar-refractivity contribution in [2.24, 2.45) is 5.73 Å². The first-order valence-electron chi connectivity index (χ1n) is 4.58. The van der Waals surface area contributed by atoms with Crippen molar-refractivity contribution in [2.45, 2.75) is 19.4 Å². The minimum atomic E-state index is -1.19. The molecule has 0 aliphatic rings. The number of nitrogens with zero attached hydrogens (tertiary/aromatic N) is 3. The van der Waals surface area contributed by atoms with Gasteiger partial charge in [-0.2, -0.15) is 0 Å². The summed E-state index contributed by atoms with van der Waals surface area (Å²) in [5, 5.41) is 13.3. The summed E-state index contributed by atoms with van der Waals surface area (Å²) < 4.78 is 0. The van der Waals surface area contributed by atoms with Gasteiger partial charge in [-0.15, -0.1) is 0 Å². The maximum atomic E-state index is 11.1. The van der Waals surface area contributed by atoms with Crippen LogP contribution in [0.5, 0.6) is 0 Å². The Labute approximate surface area is 96.4 Å². The first-order chi connectivity index (χ1) is 7.75. The van der Waals surface area contributed by atoms with Gasteiger partial charge in [-0.1, -0.05) is 0 Å². The largest absolute Gasteiger partial charge is 0.378 e. The van der Waals surface area contributed by atoms with Crippen molar-refractivity contribution in [3.8, 4) is 0 Å². The summed E-state index contributed by atoms with van der Waals surface area (Å²) >= 11 is 0. The molecule has 1 aromatic heterocycles. The number of primary amides is 1. The molecule has 92 valence electrons. The van der Waals surface area contributed by atoms with Crippen LogP contribution in [0.4, 0.5) is 17.3 Å². The number of amides is 1. The van der Waals surface area contributed by atoms with Crippen LogP contribution in [-0.4, -0.2) is 26.3 Å². The van der Waals surface area contributed by atoms with Gasteiger partial charge in [-0.25, -0.2) is 9.97 Å². The number of rotatable bonds is 4. The topological polar surface area (TPSA) is 150 Å². The molecular weight excluding hydrogens is 228 g/mol. The van der Waals surface area contributed by atoms with Gasteiger partial charge in [0.05, 0.1) is 4.92 Å². The van der Waals surface area contributed by atoms with E-state index >= 15 is 0 Å². The number of nitrogens with two attached hydrogens (primary N) is 2. The number of carbonyl (C=O) groups excluding carboxylic acids is 1. The summed E-state index contributed by atoms with van der Waals surface area (Å²) in [5.41, 5.74) is 8.83. The molecule has 0 unspecified atom stereocenters. The normalized spacial score (nSPS) is 10.9. The molecule has 0 bridgehead atoms. The van der Waals surface area contributed by atoms with Gasteiger partial charge in [0.25, 0.3) is 0 Å². The van der Waals surface area contributed by atoms with E-state index in [0.29, 0.717) is 0 Å². The summed E-state index contributed by atoms with van der Waals surface area (Å²) in [4.78, 5) is 28.3. The molecule has 1 aromatic rings. The molecule has 9 heteroatoms. The van der Waals surface area contributed by atoms with Crippen LogP contribution in [0.2, 0.25) is 0 Å². The lowest BCUT2D eigenvalue weighted by Gasteiger charge is -2.22. The van der Waals surface area contributed by atoms with Crippen LogP contribution < -0.4 is 16.8 Å². The lowest BCUT2D eigenvalue weighted by atomic mass is 10.1. The molecule has 0 saturated heterocycles. The molecule has 0 fully saturated rings. The highest BCUT2D eigenvalue weighted by atomic mass is 16.6. The zero-order chi connectivity index (χ0) is 13.2. The third-order valence-corrected chi connectivity index (χ3v) is 2.08. The molecule has 0 aliphatic heterocycles. The van der Waals surface area contributed by atoms with Crippen LogP contribution in [0.25, 0.3) is 0 Å². The average Bonchev–Trinajstić information content (AvgIpc) is 2.15. The number of carbonyl (C=O) groups is 1. The third kappa shape index (κ3) is 2.56. The Morgan fingerprint density at radius 1 is 1.53 bits per heavy atom. The zero-order valence-corrected chi connectivity index (χ0v) is 9.30. The Kier molecular flexibility index (Phi) is 3.12. The molecule has 0 spiro atoms. The summed E-state index contributed by atoms with van der Waals surface area (Å²) in [6.07, 6.45) is 1.06. The molecular formula is C8H12N6O3. The fourth-order valence-corrected chi connectivity index (χ4v) is 1.02. The Morgan fingerprint density at radius 2 is 2.12 bits per heavy atom. The molecule has 0 saturated carbocycles. The van der Waals surface area contributed by atoms with E-state index < -0.39 is 22.1 Å². The molecule has 1 amide bonds. The minimum Gasteiger partial charge on any atom is -0.378 e. The second-order valence-electron chi connectivity index (χ2n) is 3.83. The van der Waals surface area contributed by atoms with E-state index in [-0.39, 0.29) is 11.6 Å². The number of nitro groups is 1. The smallest absolute Gasteiger partial charge is 0.353 e. The number of aromatic nitrogens is 2. The molecule has 0 aromatic carbocycles. The zero-order valence-electron chi connectivity index (χ0n) is 9.30. The first kappa shape index (κ1) is 12.6. The standard InChI is InChI=1S/C8H12N6O3/c1-8(2,7(10)15)13-6-4(14(16)17)5(9)11-3-12-6/h3H,1-2H3,(H2,10,15)(H3,9,11,12,13). The third-order valence-electron chi connectivity index (χ3n) is 2.08. The van der Waals surface area contributed by atoms with Crippen molar-refractivity contribution in [3.05, 3.63) is 16.4 Å². The fourth-order valence-electron chi connectivity index (χ4n) is 1.02. The molecule has 9 nitrogen and oxygen atoms in total. The number of nitrogens with one attached hydrogen (secondary N) is 1. The molecule has 17 heavy (non-hydrogen) atoms. The predicted molar refractivity (Wildman–Crippen MR) is 60.0 cm³/mol. The van der Waals surface area contributed by atoms with Crippen LogP contribution in [0.3, 0.4) is 0 Å². The van der Waals surface area contributed by atoms with Crippen LogP contribution in [0, 0.1) is 10.1 Å². The Bertz CT molecular complexity index is 472. The molecule has 5 N–H and O–H groups in total. The first-order valence-corrected chi connectivity index (χ1v) is 4.58. The maximum absolute atomic E-state index is 11.1. The monoisotopic (exact) mass is 240 g/mol. The average molecular weight is 240 g/mol. The van der Waals surface area contributed by atoms with Crippen LogP contribution in [0.15, 0.2) is 6.33 Å². The van der Waals surface area contributed by atoms with Gasteiger partial charge in [0, 0.05) is 0 Å². The van der Waals surface area contributed by atoms with E-state index in [9.17, 15) is 14.9 Å². The lowest BCUT2D eigenvalue weighted by Crippen LogP contribution is -2.45. The molecule has 0 aliphatic carbocycles. The van der Waals surface area contributed by atoms with Gasteiger partial charge < -0.3 is 16.8 Å². The van der Waals surface area contributed by atoms with E-state index in [1.54, 1.807) is 0 Å². The van der Waals surface area contributed by atoms with Gasteiger partial charge >= 0.3 is 5.69 Å². The second-order valence-corrected chi connectivity index (χ2v) is 3.83. The quantitative estimate of drug-likeness (QED) is 0.480. The maximum Gasteiger partial charge on any atom is 0.353 e. The van der Waals surface area contributed by atoms with Gasteiger partial charge in [0.15, 0.2) is 0 Å². The van der Waals surface area contributed by atoms with Gasteiger partial charge in [0.1, 0.15) is 11.9 Å². The Morgan fingerprint density at radius 3 is 2.59 bits per heavy atom. The summed E-state index contributed by atoms with van der Waals surface area (Å²) in [7, 11) is 0. The van der Waals surface area contributed by atoms with Crippen molar-refractivity contribution in [1.82, 2.24) is 9.97 Å². The summed E-state index contributed by atoms with van der Waals surface area (Å²) in [6.45, 7) is 2.94. The highest BCUT2D eigenvalue weighted by molar-refractivity contribution is 5.87. The fraction of sp³-hybridized carbons (Fsp3) is 0.375. The number of nitrogen functional groups attached to an aromatic ring is 1. The highest BCUT2D eigenvalue weighted by Crippen LogP contribution is 2.28. The van der Waals surface area contributed by atoms with Crippen molar-refractivity contribution >= 4 is 23.2 Å². The van der Waals surface area contributed by atoms with Crippen molar-refractivity contribution in [1.29, 1.82) is 0 Å². The Hall–Kier alpha value is -2.45. The summed E-state index contributed by atoms with van der Waals surface area (Å²) in [6, 6.07) is 0. The van der Waals surface area contributed by atoms with E-state index in [1.165, 1.54) is 13.8 Å². The van der Waals surface area contributed by atoms with E-state index in [0.717, 1.165) is 6.33 Å². The SMILES string of the molecule is CC(C)(Nc1ncnc(N)c1[N+](=O)[O-])C(N)=O. The van der Waals surface area contributed by atoms with Crippen LogP contribution >= 0.6 is 0 Å². The second kappa shape index (κ2) is 4.20. The Balaban J connectivity index is 3.20. The van der Waals surface area contributed by atoms with E-state index in [4.69, 9.17) is 11.5 Å². The van der Waals surface area contributed by atoms with Gasteiger partial charge in [0.2, 0.25) is 17.5 Å². The van der Waals surface area contributed by atoms with Crippen molar-refractivity contribution in [2.75, 3.05) is 11.1 Å². The number of hydrogen-bond acceptors (Lipinski definition) is 7. The summed E-state index contributed by atoms with van der Waals surface area (Å²) in [5.74, 6) is -1.11. The molecule has 1 rings (SSSR count).